The minimum atomic E-state index is -0.251. The SMILES string of the molecule is Fc1cccc(-c2ccc3cnccc3n2)c1. The fourth-order valence-electron chi connectivity index (χ4n) is 1.77. The number of rotatable bonds is 1. The molecule has 0 radical (unpaired) electrons. The third-order valence-corrected chi connectivity index (χ3v) is 2.61. The van der Waals surface area contributed by atoms with Crippen LogP contribution in [0.2, 0.25) is 0 Å². The molecule has 1 aromatic carbocycles. The molecule has 2 nitrogen and oxygen atoms in total. The van der Waals surface area contributed by atoms with Gasteiger partial charge in [-0.2, -0.15) is 0 Å². The smallest absolute Gasteiger partial charge is 0.123 e. The first-order valence-electron chi connectivity index (χ1n) is 5.30. The molecule has 0 unspecified atom stereocenters. The van der Waals surface area contributed by atoms with Crippen LogP contribution in [-0.4, -0.2) is 9.97 Å². The standard InChI is InChI=1S/C14H9FN2/c15-12-3-1-2-10(8-12)13-5-4-11-9-16-7-6-14(11)17-13/h1-9H. The number of aromatic nitrogens is 2. The van der Waals surface area contributed by atoms with Gasteiger partial charge < -0.3 is 0 Å². The zero-order valence-electron chi connectivity index (χ0n) is 8.97. The number of pyridine rings is 2. The summed E-state index contributed by atoms with van der Waals surface area (Å²) in [6.45, 7) is 0. The molecule has 0 saturated carbocycles. The maximum absolute atomic E-state index is 13.1. The van der Waals surface area contributed by atoms with Crippen molar-refractivity contribution in [3.05, 3.63) is 60.7 Å². The zero-order chi connectivity index (χ0) is 11.7. The maximum atomic E-state index is 13.1. The van der Waals surface area contributed by atoms with Crippen molar-refractivity contribution in [3.63, 3.8) is 0 Å². The molecule has 3 aromatic rings. The summed E-state index contributed by atoms with van der Waals surface area (Å²) in [7, 11) is 0. The molecule has 0 atom stereocenters. The lowest BCUT2D eigenvalue weighted by Gasteiger charge is -2.02. The largest absolute Gasteiger partial charge is 0.264 e. The van der Waals surface area contributed by atoms with Gasteiger partial charge in [0.2, 0.25) is 0 Å². The lowest BCUT2D eigenvalue weighted by molar-refractivity contribution is 0.628. The Kier molecular flexibility index (Phi) is 2.29. The first-order valence-corrected chi connectivity index (χ1v) is 5.30. The lowest BCUT2D eigenvalue weighted by Crippen LogP contribution is -1.86. The highest BCUT2D eigenvalue weighted by Gasteiger charge is 2.02. The van der Waals surface area contributed by atoms with Crippen molar-refractivity contribution in [1.29, 1.82) is 0 Å². The Morgan fingerprint density at radius 1 is 1.00 bits per heavy atom. The molecule has 17 heavy (non-hydrogen) atoms. The highest BCUT2D eigenvalue weighted by molar-refractivity contribution is 5.80. The van der Waals surface area contributed by atoms with Gasteiger partial charge in [0.25, 0.3) is 0 Å². The molecule has 0 amide bonds. The van der Waals surface area contributed by atoms with E-state index in [-0.39, 0.29) is 5.82 Å². The van der Waals surface area contributed by atoms with Crippen molar-refractivity contribution in [3.8, 4) is 11.3 Å². The van der Waals surface area contributed by atoms with Crippen LogP contribution in [0.5, 0.6) is 0 Å². The summed E-state index contributed by atoms with van der Waals surface area (Å²) < 4.78 is 13.1. The molecule has 0 bridgehead atoms. The Bertz CT molecular complexity index is 680. The number of hydrogen-bond acceptors (Lipinski definition) is 2. The summed E-state index contributed by atoms with van der Waals surface area (Å²) in [4.78, 5) is 8.51. The van der Waals surface area contributed by atoms with Crippen molar-refractivity contribution < 1.29 is 4.39 Å². The number of halogens is 1. The van der Waals surface area contributed by atoms with E-state index in [0.29, 0.717) is 0 Å². The van der Waals surface area contributed by atoms with E-state index in [1.807, 2.05) is 24.3 Å². The lowest BCUT2D eigenvalue weighted by atomic mass is 10.1. The first-order chi connectivity index (χ1) is 8.33. The van der Waals surface area contributed by atoms with Crippen molar-refractivity contribution in [1.82, 2.24) is 9.97 Å². The van der Waals surface area contributed by atoms with Gasteiger partial charge in [-0.25, -0.2) is 9.37 Å². The molecule has 3 heteroatoms. The minimum Gasteiger partial charge on any atom is -0.264 e. The average molecular weight is 224 g/mol. The van der Waals surface area contributed by atoms with Crippen LogP contribution in [0.25, 0.3) is 22.2 Å². The van der Waals surface area contributed by atoms with E-state index < -0.39 is 0 Å². The molecular formula is C14H9FN2. The first kappa shape index (κ1) is 9.90. The van der Waals surface area contributed by atoms with Crippen LogP contribution in [0, 0.1) is 5.82 Å². The molecule has 0 saturated heterocycles. The molecule has 0 aliphatic rings. The Morgan fingerprint density at radius 2 is 1.94 bits per heavy atom. The van der Waals surface area contributed by atoms with Crippen molar-refractivity contribution in [2.75, 3.05) is 0 Å². The van der Waals surface area contributed by atoms with Crippen molar-refractivity contribution in [2.45, 2.75) is 0 Å². The Hall–Kier alpha value is -2.29. The van der Waals surface area contributed by atoms with Gasteiger partial charge in [0.1, 0.15) is 5.82 Å². The molecule has 2 aromatic heterocycles. The Morgan fingerprint density at radius 3 is 2.82 bits per heavy atom. The fraction of sp³-hybridized carbons (Fsp3) is 0. The van der Waals surface area contributed by atoms with E-state index in [4.69, 9.17) is 0 Å². The molecule has 0 aliphatic carbocycles. The molecule has 0 aliphatic heterocycles. The Labute approximate surface area is 97.8 Å². The predicted molar refractivity (Wildman–Crippen MR) is 64.9 cm³/mol. The summed E-state index contributed by atoms with van der Waals surface area (Å²) in [5.41, 5.74) is 2.41. The number of fused-ring (bicyclic) bond motifs is 1. The summed E-state index contributed by atoms with van der Waals surface area (Å²) in [5.74, 6) is -0.251. The molecule has 3 rings (SSSR count). The molecular weight excluding hydrogens is 215 g/mol. The second kappa shape index (κ2) is 3.94. The Balaban J connectivity index is 2.18. The zero-order valence-corrected chi connectivity index (χ0v) is 8.97. The highest BCUT2D eigenvalue weighted by Crippen LogP contribution is 2.20. The van der Waals surface area contributed by atoms with Gasteiger partial charge >= 0.3 is 0 Å². The van der Waals surface area contributed by atoms with Crippen molar-refractivity contribution >= 4 is 10.9 Å². The highest BCUT2D eigenvalue weighted by atomic mass is 19.1. The van der Waals surface area contributed by atoms with Crippen LogP contribution < -0.4 is 0 Å². The number of hydrogen-bond donors (Lipinski definition) is 0. The van der Waals surface area contributed by atoms with Crippen LogP contribution >= 0.6 is 0 Å². The second-order valence-electron chi connectivity index (χ2n) is 3.78. The van der Waals surface area contributed by atoms with Crippen molar-refractivity contribution in [2.24, 2.45) is 0 Å². The molecule has 0 N–H and O–H groups in total. The van der Waals surface area contributed by atoms with Crippen LogP contribution in [0.1, 0.15) is 0 Å². The van der Waals surface area contributed by atoms with E-state index in [1.54, 1.807) is 18.5 Å². The van der Waals surface area contributed by atoms with Gasteiger partial charge in [-0.1, -0.05) is 12.1 Å². The van der Waals surface area contributed by atoms with Crippen LogP contribution in [-0.2, 0) is 0 Å². The van der Waals surface area contributed by atoms with E-state index in [9.17, 15) is 4.39 Å². The number of benzene rings is 1. The van der Waals surface area contributed by atoms with E-state index in [0.717, 1.165) is 22.2 Å². The summed E-state index contributed by atoms with van der Waals surface area (Å²) in [6, 6.07) is 12.1. The van der Waals surface area contributed by atoms with Gasteiger partial charge in [-0.3, -0.25) is 4.98 Å². The average Bonchev–Trinajstić information content (AvgIpc) is 2.38. The molecule has 82 valence electrons. The van der Waals surface area contributed by atoms with Crippen LogP contribution in [0.15, 0.2) is 54.9 Å². The van der Waals surface area contributed by atoms with Gasteiger partial charge in [0.05, 0.1) is 11.2 Å². The monoisotopic (exact) mass is 224 g/mol. The van der Waals surface area contributed by atoms with E-state index in [1.165, 1.54) is 12.1 Å². The van der Waals surface area contributed by atoms with Gasteiger partial charge in [0.15, 0.2) is 0 Å². The van der Waals surface area contributed by atoms with Gasteiger partial charge in [-0.05, 0) is 30.3 Å². The number of nitrogens with zero attached hydrogens (tertiary/aromatic N) is 2. The molecule has 0 fully saturated rings. The van der Waals surface area contributed by atoms with Crippen LogP contribution in [0.4, 0.5) is 4.39 Å². The second-order valence-corrected chi connectivity index (χ2v) is 3.78. The summed E-state index contributed by atoms with van der Waals surface area (Å²) in [5, 5.41) is 0.979. The van der Waals surface area contributed by atoms with E-state index >= 15 is 0 Å². The normalized spacial score (nSPS) is 10.6. The maximum Gasteiger partial charge on any atom is 0.123 e. The topological polar surface area (TPSA) is 25.8 Å². The van der Waals surface area contributed by atoms with Gasteiger partial charge in [0, 0.05) is 23.3 Å². The van der Waals surface area contributed by atoms with E-state index in [2.05, 4.69) is 9.97 Å². The third-order valence-electron chi connectivity index (χ3n) is 2.61. The fourth-order valence-corrected chi connectivity index (χ4v) is 1.77. The minimum absolute atomic E-state index is 0.251. The third kappa shape index (κ3) is 1.87. The predicted octanol–water partition coefficient (Wildman–Crippen LogP) is 3.44. The summed E-state index contributed by atoms with van der Waals surface area (Å²) >= 11 is 0. The summed E-state index contributed by atoms with van der Waals surface area (Å²) in [6.07, 6.45) is 3.46. The molecule has 2 heterocycles. The van der Waals surface area contributed by atoms with Crippen LogP contribution in [0.3, 0.4) is 0 Å². The quantitative estimate of drug-likeness (QED) is 0.632. The molecule has 0 spiro atoms. The van der Waals surface area contributed by atoms with Gasteiger partial charge in [-0.15, -0.1) is 0 Å².